The van der Waals surface area contributed by atoms with E-state index in [2.05, 4.69) is 0 Å². The number of aryl methyl sites for hydroxylation is 1. The number of carbonyl (C=O) groups is 1. The van der Waals surface area contributed by atoms with Gasteiger partial charge in [0.2, 0.25) is 5.43 Å². The fourth-order valence-electron chi connectivity index (χ4n) is 3.00. The Labute approximate surface area is 166 Å². The third-order valence-corrected chi connectivity index (χ3v) is 4.82. The molecule has 0 unspecified atom stereocenters. The fourth-order valence-corrected chi connectivity index (χ4v) is 3.24. The molecule has 5 heteroatoms. The average molecular weight is 391 g/mol. The van der Waals surface area contributed by atoms with Gasteiger partial charge in [-0.15, -0.1) is 0 Å². The van der Waals surface area contributed by atoms with Gasteiger partial charge in [0.05, 0.1) is 16.5 Å². The summed E-state index contributed by atoms with van der Waals surface area (Å²) < 4.78 is 11.1. The highest BCUT2D eigenvalue weighted by Crippen LogP contribution is 2.28. The van der Waals surface area contributed by atoms with Crippen molar-refractivity contribution in [1.29, 1.82) is 0 Å². The van der Waals surface area contributed by atoms with E-state index in [-0.39, 0.29) is 5.43 Å². The Hall–Kier alpha value is -3.37. The summed E-state index contributed by atoms with van der Waals surface area (Å²) in [5, 5.41) is 0.853. The van der Waals surface area contributed by atoms with E-state index in [1.165, 1.54) is 12.3 Å². The van der Waals surface area contributed by atoms with E-state index < -0.39 is 5.97 Å². The van der Waals surface area contributed by atoms with Gasteiger partial charge in [-0.1, -0.05) is 48.0 Å². The lowest BCUT2D eigenvalue weighted by molar-refractivity contribution is 0.0734. The summed E-state index contributed by atoms with van der Waals surface area (Å²) in [5.41, 5.74) is 2.42. The van der Waals surface area contributed by atoms with E-state index in [1.54, 1.807) is 48.5 Å². The Balaban J connectivity index is 1.70. The van der Waals surface area contributed by atoms with Crippen LogP contribution >= 0.6 is 11.6 Å². The van der Waals surface area contributed by atoms with Crippen LogP contribution in [0.3, 0.4) is 0 Å². The highest BCUT2D eigenvalue weighted by atomic mass is 35.5. The zero-order chi connectivity index (χ0) is 19.7. The molecule has 28 heavy (non-hydrogen) atoms. The Morgan fingerprint density at radius 3 is 2.50 bits per heavy atom. The molecule has 0 N–H and O–H groups in total. The lowest BCUT2D eigenvalue weighted by Gasteiger charge is -2.08. The van der Waals surface area contributed by atoms with Crippen molar-refractivity contribution >= 4 is 28.5 Å². The number of carbonyl (C=O) groups excluding carboxylic acids is 1. The molecule has 0 saturated carbocycles. The fraction of sp³-hybridized carbons (Fsp3) is 0.0435. The van der Waals surface area contributed by atoms with Gasteiger partial charge in [-0.3, -0.25) is 4.79 Å². The summed E-state index contributed by atoms with van der Waals surface area (Å²) in [6.45, 7) is 1.84. The van der Waals surface area contributed by atoms with Crippen LogP contribution in [-0.4, -0.2) is 5.97 Å². The second-order valence-electron chi connectivity index (χ2n) is 6.32. The minimum atomic E-state index is -0.465. The summed E-state index contributed by atoms with van der Waals surface area (Å²) in [6.07, 6.45) is 1.37. The number of hydrogen-bond acceptors (Lipinski definition) is 4. The minimum absolute atomic E-state index is 0.203. The van der Waals surface area contributed by atoms with Gasteiger partial charge in [-0.25, -0.2) is 4.79 Å². The summed E-state index contributed by atoms with van der Waals surface area (Å²) in [5.74, 6) is -0.165. The summed E-state index contributed by atoms with van der Waals surface area (Å²) in [4.78, 5) is 25.2. The van der Waals surface area contributed by atoms with Gasteiger partial charge in [0.15, 0.2) is 0 Å². The van der Waals surface area contributed by atoms with Crippen LogP contribution in [0.1, 0.15) is 15.9 Å². The van der Waals surface area contributed by atoms with Crippen molar-refractivity contribution in [2.45, 2.75) is 6.92 Å². The van der Waals surface area contributed by atoms with Crippen LogP contribution in [0.4, 0.5) is 0 Å². The highest BCUT2D eigenvalue weighted by Gasteiger charge is 2.14. The maximum atomic E-state index is 12.9. The van der Waals surface area contributed by atoms with Crippen molar-refractivity contribution in [1.82, 2.24) is 0 Å². The van der Waals surface area contributed by atoms with Gasteiger partial charge in [0.1, 0.15) is 17.6 Å². The largest absolute Gasteiger partial charge is 0.463 e. The molecule has 1 aromatic heterocycles. The van der Waals surface area contributed by atoms with Gasteiger partial charge in [-0.05, 0) is 36.8 Å². The molecule has 0 fully saturated rings. The molecule has 0 aliphatic heterocycles. The van der Waals surface area contributed by atoms with Crippen molar-refractivity contribution in [2.75, 3.05) is 0 Å². The van der Waals surface area contributed by atoms with Crippen molar-refractivity contribution in [3.63, 3.8) is 0 Å². The van der Waals surface area contributed by atoms with E-state index in [0.717, 1.165) is 5.56 Å². The van der Waals surface area contributed by atoms with Crippen LogP contribution in [0.15, 0.2) is 82.2 Å². The Kier molecular flexibility index (Phi) is 4.72. The topological polar surface area (TPSA) is 56.5 Å². The highest BCUT2D eigenvalue weighted by molar-refractivity contribution is 6.33. The lowest BCUT2D eigenvalue weighted by Crippen LogP contribution is -2.10. The number of benzene rings is 3. The van der Waals surface area contributed by atoms with Crippen LogP contribution in [0.2, 0.25) is 5.02 Å². The average Bonchev–Trinajstić information content (AvgIpc) is 2.69. The molecule has 0 bridgehead atoms. The van der Waals surface area contributed by atoms with E-state index in [0.29, 0.717) is 38.4 Å². The predicted molar refractivity (Wildman–Crippen MR) is 109 cm³/mol. The Morgan fingerprint density at radius 2 is 1.71 bits per heavy atom. The van der Waals surface area contributed by atoms with Crippen molar-refractivity contribution in [3.05, 3.63) is 99.4 Å². The first-order chi connectivity index (χ1) is 13.5. The quantitative estimate of drug-likeness (QED) is 0.335. The Morgan fingerprint density at radius 1 is 0.964 bits per heavy atom. The molecule has 0 saturated heterocycles. The maximum absolute atomic E-state index is 12.9. The third kappa shape index (κ3) is 3.30. The second-order valence-corrected chi connectivity index (χ2v) is 6.73. The summed E-state index contributed by atoms with van der Waals surface area (Å²) in [6, 6.07) is 18.9. The molecular weight excluding hydrogens is 376 g/mol. The standard InChI is InChI=1S/C23H15ClO4/c1-14-6-2-3-7-16(14)23(26)28-15-10-11-18-21(12-15)27-13-19(22(18)25)17-8-4-5-9-20(17)24/h2-13H,1H3. The molecular formula is C23H15ClO4. The monoisotopic (exact) mass is 390 g/mol. The van der Waals surface area contributed by atoms with Crippen LogP contribution in [0.5, 0.6) is 5.75 Å². The number of rotatable bonds is 3. The molecule has 3 aromatic carbocycles. The first-order valence-electron chi connectivity index (χ1n) is 8.63. The molecule has 0 aliphatic rings. The molecule has 0 atom stereocenters. The predicted octanol–water partition coefficient (Wildman–Crippen LogP) is 5.64. The van der Waals surface area contributed by atoms with Crippen molar-refractivity contribution in [2.24, 2.45) is 0 Å². The molecule has 1 heterocycles. The van der Waals surface area contributed by atoms with E-state index in [9.17, 15) is 9.59 Å². The van der Waals surface area contributed by atoms with Crippen molar-refractivity contribution < 1.29 is 13.9 Å². The van der Waals surface area contributed by atoms with Crippen LogP contribution in [-0.2, 0) is 0 Å². The van der Waals surface area contributed by atoms with Gasteiger partial charge >= 0.3 is 5.97 Å². The normalized spacial score (nSPS) is 10.8. The molecule has 0 spiro atoms. The summed E-state index contributed by atoms with van der Waals surface area (Å²) >= 11 is 6.20. The van der Waals surface area contributed by atoms with E-state index in [1.807, 2.05) is 19.1 Å². The minimum Gasteiger partial charge on any atom is -0.463 e. The van der Waals surface area contributed by atoms with Gasteiger partial charge < -0.3 is 9.15 Å². The summed E-state index contributed by atoms with van der Waals surface area (Å²) in [7, 11) is 0. The molecule has 4 aromatic rings. The van der Waals surface area contributed by atoms with Gasteiger partial charge in [0.25, 0.3) is 0 Å². The molecule has 0 aliphatic carbocycles. The Bertz CT molecular complexity index is 1260. The smallest absolute Gasteiger partial charge is 0.343 e. The SMILES string of the molecule is Cc1ccccc1C(=O)Oc1ccc2c(=O)c(-c3ccccc3Cl)coc2c1. The van der Waals surface area contributed by atoms with Crippen LogP contribution in [0, 0.1) is 6.92 Å². The number of esters is 1. The second kappa shape index (κ2) is 7.33. The van der Waals surface area contributed by atoms with Crippen molar-refractivity contribution in [3.8, 4) is 16.9 Å². The van der Waals surface area contributed by atoms with Gasteiger partial charge in [-0.2, -0.15) is 0 Å². The first kappa shape index (κ1) is 18.0. The van der Waals surface area contributed by atoms with E-state index >= 15 is 0 Å². The molecule has 4 rings (SSSR count). The van der Waals surface area contributed by atoms with Gasteiger partial charge in [0, 0.05) is 16.7 Å². The number of halogens is 1. The van der Waals surface area contributed by atoms with Crippen LogP contribution < -0.4 is 10.2 Å². The zero-order valence-corrected chi connectivity index (χ0v) is 15.7. The number of ether oxygens (including phenoxy) is 1. The third-order valence-electron chi connectivity index (χ3n) is 4.49. The maximum Gasteiger partial charge on any atom is 0.343 e. The lowest BCUT2D eigenvalue weighted by atomic mass is 10.1. The van der Waals surface area contributed by atoms with E-state index in [4.69, 9.17) is 20.8 Å². The number of hydrogen-bond donors (Lipinski definition) is 0. The molecule has 0 amide bonds. The van der Waals surface area contributed by atoms with Crippen LogP contribution in [0.25, 0.3) is 22.1 Å². The zero-order valence-electron chi connectivity index (χ0n) is 14.9. The number of fused-ring (bicyclic) bond motifs is 1. The first-order valence-corrected chi connectivity index (χ1v) is 9.00. The molecule has 0 radical (unpaired) electrons. The molecule has 138 valence electrons. The molecule has 4 nitrogen and oxygen atoms in total.